The zero-order chi connectivity index (χ0) is 14.9. The van der Waals surface area contributed by atoms with E-state index in [2.05, 4.69) is 53.1 Å². The number of anilines is 2. The second kappa shape index (κ2) is 6.47. The number of carbonyl (C=O) groups excluding carboxylic acids is 1. The zero-order valence-corrected chi connectivity index (χ0v) is 15.4. The van der Waals surface area contributed by atoms with Gasteiger partial charge in [-0.25, -0.2) is 0 Å². The fourth-order valence-electron chi connectivity index (χ4n) is 1.57. The maximum absolute atomic E-state index is 12.3. The number of hydrogen-bond donors (Lipinski definition) is 2. The molecule has 0 aromatic heterocycles. The molecule has 3 N–H and O–H groups in total. The van der Waals surface area contributed by atoms with E-state index in [9.17, 15) is 4.79 Å². The van der Waals surface area contributed by atoms with Crippen molar-refractivity contribution in [3.8, 4) is 0 Å². The summed E-state index contributed by atoms with van der Waals surface area (Å²) in [4.78, 5) is 12.3. The van der Waals surface area contributed by atoms with Crippen LogP contribution in [0.1, 0.15) is 10.4 Å². The molecule has 0 fully saturated rings. The van der Waals surface area contributed by atoms with Crippen molar-refractivity contribution in [1.82, 2.24) is 0 Å². The molecule has 0 radical (unpaired) electrons. The lowest BCUT2D eigenvalue weighted by atomic mass is 10.2. The predicted octanol–water partition coefficient (Wildman–Crippen LogP) is 5.46. The molecule has 0 aliphatic heterocycles. The smallest absolute Gasteiger partial charge is 0.257 e. The summed E-state index contributed by atoms with van der Waals surface area (Å²) in [6, 6.07) is 8.60. The summed E-state index contributed by atoms with van der Waals surface area (Å²) in [6.07, 6.45) is 0. The van der Waals surface area contributed by atoms with Crippen LogP contribution < -0.4 is 11.1 Å². The molecule has 0 spiro atoms. The third-order valence-corrected chi connectivity index (χ3v) is 5.05. The topological polar surface area (TPSA) is 55.1 Å². The Labute approximate surface area is 146 Å². The molecule has 2 rings (SSSR count). The van der Waals surface area contributed by atoms with Crippen molar-refractivity contribution in [2.45, 2.75) is 0 Å². The van der Waals surface area contributed by atoms with Crippen molar-refractivity contribution in [2.24, 2.45) is 0 Å². The molecule has 3 nitrogen and oxygen atoms in total. The van der Waals surface area contributed by atoms with E-state index in [0.29, 0.717) is 35.4 Å². The highest BCUT2D eigenvalue weighted by Gasteiger charge is 2.15. The van der Waals surface area contributed by atoms with Crippen LogP contribution in [0.15, 0.2) is 43.7 Å². The quantitative estimate of drug-likeness (QED) is 0.558. The first kappa shape index (κ1) is 15.8. The number of nitrogens with one attached hydrogen (secondary N) is 1. The van der Waals surface area contributed by atoms with Crippen LogP contribution in [0, 0.1) is 0 Å². The summed E-state index contributed by atoms with van der Waals surface area (Å²) in [5.74, 6) is -0.303. The summed E-state index contributed by atoms with van der Waals surface area (Å²) >= 11 is 16.1. The van der Waals surface area contributed by atoms with Crippen molar-refractivity contribution in [3.63, 3.8) is 0 Å². The molecule has 2 aromatic carbocycles. The van der Waals surface area contributed by atoms with Gasteiger partial charge in [0.05, 0.1) is 16.3 Å². The van der Waals surface area contributed by atoms with Gasteiger partial charge in [-0.2, -0.15) is 0 Å². The average molecular weight is 483 g/mol. The number of amides is 1. The summed E-state index contributed by atoms with van der Waals surface area (Å²) < 4.78 is 2.04. The fourth-order valence-corrected chi connectivity index (χ4v) is 3.57. The Morgan fingerprint density at radius 1 is 1.10 bits per heavy atom. The Kier molecular flexibility index (Phi) is 5.12. The van der Waals surface area contributed by atoms with Crippen LogP contribution in [0.5, 0.6) is 0 Å². The lowest BCUT2D eigenvalue weighted by Crippen LogP contribution is -2.13. The molecule has 0 aliphatic carbocycles. The van der Waals surface area contributed by atoms with E-state index in [1.165, 1.54) is 0 Å². The monoisotopic (exact) mass is 480 g/mol. The number of nitrogen functional groups attached to an aromatic ring is 1. The molecule has 0 atom stereocenters. The fraction of sp³-hybridized carbons (Fsp3) is 0. The minimum atomic E-state index is -0.303. The lowest BCUT2D eigenvalue weighted by Gasteiger charge is -2.12. The first-order valence-corrected chi connectivity index (χ1v) is 8.15. The van der Waals surface area contributed by atoms with E-state index in [4.69, 9.17) is 17.3 Å². The van der Waals surface area contributed by atoms with Crippen LogP contribution in [0.4, 0.5) is 11.4 Å². The van der Waals surface area contributed by atoms with Gasteiger partial charge in [0.25, 0.3) is 5.91 Å². The van der Waals surface area contributed by atoms with Gasteiger partial charge in [0, 0.05) is 19.1 Å². The number of nitrogens with two attached hydrogens (primary N) is 1. The predicted molar refractivity (Wildman–Crippen MR) is 93.4 cm³/mol. The van der Waals surface area contributed by atoms with Gasteiger partial charge < -0.3 is 11.1 Å². The lowest BCUT2D eigenvalue weighted by molar-refractivity contribution is 0.102. The molecule has 0 unspecified atom stereocenters. The number of benzene rings is 2. The highest BCUT2D eigenvalue weighted by molar-refractivity contribution is 9.11. The SMILES string of the molecule is Nc1cc(Br)c(NC(=O)c2cccc(Br)c2Cl)c(Br)c1. The van der Waals surface area contributed by atoms with Gasteiger partial charge in [0.1, 0.15) is 0 Å². The van der Waals surface area contributed by atoms with Gasteiger partial charge in [-0.05, 0) is 72.1 Å². The molecule has 20 heavy (non-hydrogen) atoms. The third kappa shape index (κ3) is 3.36. The summed E-state index contributed by atoms with van der Waals surface area (Å²) in [5.41, 5.74) is 7.28. The Hall–Kier alpha value is -0.560. The Morgan fingerprint density at radius 3 is 2.30 bits per heavy atom. The van der Waals surface area contributed by atoms with Gasteiger partial charge in [0.15, 0.2) is 0 Å². The first-order chi connectivity index (χ1) is 9.40. The maximum atomic E-state index is 12.3. The van der Waals surface area contributed by atoms with Crippen molar-refractivity contribution in [2.75, 3.05) is 11.1 Å². The van der Waals surface area contributed by atoms with Crippen LogP contribution >= 0.6 is 59.4 Å². The van der Waals surface area contributed by atoms with E-state index >= 15 is 0 Å². The first-order valence-electron chi connectivity index (χ1n) is 5.40. The van der Waals surface area contributed by atoms with Gasteiger partial charge in [-0.15, -0.1) is 0 Å². The Bertz CT molecular complexity index is 668. The molecule has 2 aromatic rings. The molecular weight excluding hydrogens is 475 g/mol. The molecule has 0 saturated heterocycles. The molecule has 104 valence electrons. The summed E-state index contributed by atoms with van der Waals surface area (Å²) in [5, 5.41) is 3.16. The number of hydrogen-bond acceptors (Lipinski definition) is 2. The van der Waals surface area contributed by atoms with Crippen LogP contribution in [-0.4, -0.2) is 5.91 Å². The average Bonchev–Trinajstić information content (AvgIpc) is 2.36. The third-order valence-electron chi connectivity index (χ3n) is 2.50. The number of halogens is 4. The minimum absolute atomic E-state index is 0.303. The van der Waals surface area contributed by atoms with E-state index in [1.54, 1.807) is 30.3 Å². The van der Waals surface area contributed by atoms with Crippen molar-refractivity contribution < 1.29 is 4.79 Å². The zero-order valence-electron chi connectivity index (χ0n) is 9.88. The van der Waals surface area contributed by atoms with Crippen LogP contribution in [0.3, 0.4) is 0 Å². The molecular formula is C13H8Br3ClN2O. The number of carbonyl (C=O) groups is 1. The molecule has 0 bridgehead atoms. The largest absolute Gasteiger partial charge is 0.399 e. The van der Waals surface area contributed by atoms with E-state index in [1.807, 2.05) is 0 Å². The molecule has 7 heteroatoms. The van der Waals surface area contributed by atoms with Crippen molar-refractivity contribution in [3.05, 3.63) is 54.3 Å². The van der Waals surface area contributed by atoms with Crippen LogP contribution in [0.25, 0.3) is 0 Å². The highest BCUT2D eigenvalue weighted by Crippen LogP contribution is 2.34. The second-order valence-corrected chi connectivity index (χ2v) is 6.86. The Morgan fingerprint density at radius 2 is 1.70 bits per heavy atom. The van der Waals surface area contributed by atoms with E-state index in [-0.39, 0.29) is 5.91 Å². The number of rotatable bonds is 2. The van der Waals surface area contributed by atoms with Gasteiger partial charge in [0.2, 0.25) is 0 Å². The van der Waals surface area contributed by atoms with Gasteiger partial charge >= 0.3 is 0 Å². The van der Waals surface area contributed by atoms with Gasteiger partial charge in [-0.3, -0.25) is 4.79 Å². The molecule has 0 aliphatic rings. The van der Waals surface area contributed by atoms with Crippen LogP contribution in [-0.2, 0) is 0 Å². The van der Waals surface area contributed by atoms with Crippen molar-refractivity contribution in [1.29, 1.82) is 0 Å². The summed E-state index contributed by atoms with van der Waals surface area (Å²) in [7, 11) is 0. The van der Waals surface area contributed by atoms with Gasteiger partial charge in [-0.1, -0.05) is 17.7 Å². The van der Waals surface area contributed by atoms with Crippen LogP contribution in [0.2, 0.25) is 5.02 Å². The highest BCUT2D eigenvalue weighted by atomic mass is 79.9. The van der Waals surface area contributed by atoms with E-state index < -0.39 is 0 Å². The minimum Gasteiger partial charge on any atom is -0.399 e. The van der Waals surface area contributed by atoms with Crippen molar-refractivity contribution >= 4 is 76.7 Å². The molecule has 0 heterocycles. The Balaban J connectivity index is 2.36. The van der Waals surface area contributed by atoms with E-state index in [0.717, 1.165) is 0 Å². The normalized spacial score (nSPS) is 10.4. The maximum Gasteiger partial charge on any atom is 0.257 e. The molecule has 1 amide bonds. The molecule has 0 saturated carbocycles. The summed E-state index contributed by atoms with van der Waals surface area (Å²) in [6.45, 7) is 0. The standard InChI is InChI=1S/C13H8Br3ClN2O/c14-8-3-1-2-7(11(8)17)13(20)19-12-9(15)4-6(18)5-10(12)16/h1-5H,18H2,(H,19,20). The second-order valence-electron chi connectivity index (χ2n) is 3.92.